The van der Waals surface area contributed by atoms with Crippen LogP contribution < -0.4 is 16.2 Å². The molecule has 7 heteroatoms. The first-order chi connectivity index (χ1) is 8.08. The molecule has 0 saturated carbocycles. The first kappa shape index (κ1) is 13.1. The predicted octanol–water partition coefficient (Wildman–Crippen LogP) is 0.747. The van der Waals surface area contributed by atoms with Crippen molar-refractivity contribution < 1.29 is 9.84 Å². The van der Waals surface area contributed by atoms with Crippen LogP contribution in [-0.4, -0.2) is 24.4 Å². The highest BCUT2D eigenvalue weighted by molar-refractivity contribution is 6.17. The van der Waals surface area contributed by atoms with Crippen molar-refractivity contribution in [2.45, 2.75) is 5.88 Å². The van der Waals surface area contributed by atoms with Gasteiger partial charge in [0.2, 0.25) is 5.96 Å². The van der Waals surface area contributed by atoms with Crippen molar-refractivity contribution in [2.75, 3.05) is 7.11 Å². The molecule has 1 aromatic rings. The minimum atomic E-state index is -0.135. The van der Waals surface area contributed by atoms with Crippen molar-refractivity contribution in [1.82, 2.24) is 0 Å². The summed E-state index contributed by atoms with van der Waals surface area (Å²) in [6.07, 6.45) is 1.43. The van der Waals surface area contributed by atoms with E-state index in [-0.39, 0.29) is 17.6 Å². The van der Waals surface area contributed by atoms with Gasteiger partial charge in [-0.3, -0.25) is 0 Å². The maximum atomic E-state index is 9.71. The monoisotopic (exact) mass is 256 g/mol. The molecule has 0 amide bonds. The highest BCUT2D eigenvalue weighted by Crippen LogP contribution is 2.31. The molecule has 0 saturated heterocycles. The van der Waals surface area contributed by atoms with Crippen molar-refractivity contribution in [2.24, 2.45) is 21.7 Å². The number of rotatable bonds is 4. The molecule has 0 spiro atoms. The molecule has 92 valence electrons. The summed E-state index contributed by atoms with van der Waals surface area (Å²) in [5.41, 5.74) is 11.4. The number of methoxy groups -OCH3 is 1. The van der Waals surface area contributed by atoms with Gasteiger partial charge >= 0.3 is 0 Å². The highest BCUT2D eigenvalue weighted by Gasteiger charge is 2.08. The van der Waals surface area contributed by atoms with Crippen LogP contribution in [0.4, 0.5) is 0 Å². The Hall–Kier alpha value is -1.95. The Balaban J connectivity index is 3.09. The van der Waals surface area contributed by atoms with Crippen molar-refractivity contribution >= 4 is 23.8 Å². The molecule has 1 rings (SSSR count). The number of guanidine groups is 1. The van der Waals surface area contributed by atoms with Crippen LogP contribution in [0.15, 0.2) is 22.3 Å². The first-order valence-corrected chi connectivity index (χ1v) is 5.19. The SMILES string of the molecule is COc1cc(C=NN=C(N)N)cc(CCl)c1O. The third-order valence-electron chi connectivity index (χ3n) is 1.92. The van der Waals surface area contributed by atoms with Crippen LogP contribution in [0.3, 0.4) is 0 Å². The first-order valence-electron chi connectivity index (χ1n) is 4.66. The summed E-state index contributed by atoms with van der Waals surface area (Å²) in [5, 5.41) is 16.8. The number of nitrogens with two attached hydrogens (primary N) is 2. The summed E-state index contributed by atoms with van der Waals surface area (Å²) in [7, 11) is 1.45. The Morgan fingerprint density at radius 1 is 1.53 bits per heavy atom. The second-order valence-electron chi connectivity index (χ2n) is 3.13. The molecule has 0 aromatic heterocycles. The lowest BCUT2D eigenvalue weighted by Gasteiger charge is -2.08. The van der Waals surface area contributed by atoms with E-state index in [4.69, 9.17) is 27.8 Å². The molecule has 0 fully saturated rings. The second-order valence-corrected chi connectivity index (χ2v) is 3.40. The van der Waals surface area contributed by atoms with Gasteiger partial charge in [-0.2, -0.15) is 5.10 Å². The summed E-state index contributed by atoms with van der Waals surface area (Å²) >= 11 is 5.69. The summed E-state index contributed by atoms with van der Waals surface area (Å²) < 4.78 is 5.00. The van der Waals surface area contributed by atoms with Gasteiger partial charge in [-0.1, -0.05) is 0 Å². The molecule has 17 heavy (non-hydrogen) atoms. The van der Waals surface area contributed by atoms with E-state index in [1.807, 2.05) is 0 Å². The third kappa shape index (κ3) is 3.53. The molecule has 5 N–H and O–H groups in total. The lowest BCUT2D eigenvalue weighted by Crippen LogP contribution is -2.21. The van der Waals surface area contributed by atoms with Crippen LogP contribution in [0.5, 0.6) is 11.5 Å². The Morgan fingerprint density at radius 2 is 2.24 bits per heavy atom. The molecular formula is C10H13ClN4O2. The molecular weight excluding hydrogens is 244 g/mol. The number of aromatic hydroxyl groups is 1. The number of alkyl halides is 1. The summed E-state index contributed by atoms with van der Waals surface area (Å²) in [6.45, 7) is 0. The highest BCUT2D eigenvalue weighted by atomic mass is 35.5. The van der Waals surface area contributed by atoms with Gasteiger partial charge in [0.05, 0.1) is 19.2 Å². The van der Waals surface area contributed by atoms with E-state index in [0.29, 0.717) is 16.9 Å². The fourth-order valence-corrected chi connectivity index (χ4v) is 1.39. The Bertz CT molecular complexity index is 431. The van der Waals surface area contributed by atoms with E-state index in [1.54, 1.807) is 12.1 Å². The Kier molecular flexibility index (Phi) is 4.59. The summed E-state index contributed by atoms with van der Waals surface area (Å²) in [4.78, 5) is 0. The fraction of sp³-hybridized carbons (Fsp3) is 0.200. The van der Waals surface area contributed by atoms with Gasteiger partial charge in [0.1, 0.15) is 0 Å². The molecule has 0 radical (unpaired) electrons. The maximum Gasteiger partial charge on any atom is 0.211 e. The Morgan fingerprint density at radius 3 is 2.76 bits per heavy atom. The van der Waals surface area contributed by atoms with Gasteiger partial charge in [-0.25, -0.2) is 0 Å². The third-order valence-corrected chi connectivity index (χ3v) is 2.21. The number of phenolic OH excluding ortho intramolecular Hbond substituents is 1. The van der Waals surface area contributed by atoms with Gasteiger partial charge in [-0.05, 0) is 17.7 Å². The molecule has 1 aromatic carbocycles. The van der Waals surface area contributed by atoms with Gasteiger partial charge < -0.3 is 21.3 Å². The molecule has 0 aliphatic rings. The zero-order chi connectivity index (χ0) is 12.8. The quantitative estimate of drug-likeness (QED) is 0.320. The minimum Gasteiger partial charge on any atom is -0.504 e. The molecule has 0 unspecified atom stereocenters. The van der Waals surface area contributed by atoms with Crippen LogP contribution in [0.1, 0.15) is 11.1 Å². The number of ether oxygens (including phenoxy) is 1. The van der Waals surface area contributed by atoms with Gasteiger partial charge in [0.15, 0.2) is 11.5 Å². The lowest BCUT2D eigenvalue weighted by molar-refractivity contribution is 0.371. The van der Waals surface area contributed by atoms with E-state index in [2.05, 4.69) is 10.2 Å². The van der Waals surface area contributed by atoms with Gasteiger partial charge in [-0.15, -0.1) is 16.7 Å². The molecule has 0 aliphatic carbocycles. The molecule has 6 nitrogen and oxygen atoms in total. The Labute approximate surface area is 104 Å². The van der Waals surface area contributed by atoms with Crippen molar-refractivity contribution in [1.29, 1.82) is 0 Å². The van der Waals surface area contributed by atoms with Crippen molar-refractivity contribution in [3.8, 4) is 11.5 Å². The van der Waals surface area contributed by atoms with E-state index >= 15 is 0 Å². The number of hydrogen-bond donors (Lipinski definition) is 3. The molecule has 0 heterocycles. The van der Waals surface area contributed by atoms with Crippen molar-refractivity contribution in [3.63, 3.8) is 0 Å². The maximum absolute atomic E-state index is 9.71. The van der Waals surface area contributed by atoms with Crippen molar-refractivity contribution in [3.05, 3.63) is 23.3 Å². The van der Waals surface area contributed by atoms with E-state index < -0.39 is 0 Å². The zero-order valence-corrected chi connectivity index (χ0v) is 9.98. The number of phenols is 1. The topological polar surface area (TPSA) is 106 Å². The zero-order valence-electron chi connectivity index (χ0n) is 9.22. The van der Waals surface area contributed by atoms with Crippen LogP contribution in [0.25, 0.3) is 0 Å². The standard InChI is InChI=1S/C10H13ClN4O2/c1-17-8-3-6(5-14-15-10(12)13)2-7(4-11)9(8)16/h2-3,5,16H,4H2,1H3,(H4,12,13,15). The second kappa shape index (κ2) is 5.95. The smallest absolute Gasteiger partial charge is 0.211 e. The van der Waals surface area contributed by atoms with Gasteiger partial charge in [0.25, 0.3) is 0 Å². The minimum absolute atomic E-state index is 0.0153. The average Bonchev–Trinajstić information content (AvgIpc) is 2.30. The average molecular weight is 257 g/mol. The van der Waals surface area contributed by atoms with Crippen LogP contribution in [-0.2, 0) is 5.88 Å². The fourth-order valence-electron chi connectivity index (χ4n) is 1.18. The predicted molar refractivity (Wildman–Crippen MR) is 67.6 cm³/mol. The lowest BCUT2D eigenvalue weighted by atomic mass is 10.1. The normalized spacial score (nSPS) is 10.5. The summed E-state index contributed by atoms with van der Waals surface area (Å²) in [6, 6.07) is 3.26. The molecule has 0 bridgehead atoms. The van der Waals surface area contributed by atoms with E-state index in [1.165, 1.54) is 13.3 Å². The van der Waals surface area contributed by atoms with Gasteiger partial charge in [0, 0.05) is 5.56 Å². The van der Waals surface area contributed by atoms with Crippen LogP contribution in [0.2, 0.25) is 0 Å². The van der Waals surface area contributed by atoms with E-state index in [0.717, 1.165) is 0 Å². The number of halogens is 1. The largest absolute Gasteiger partial charge is 0.504 e. The summed E-state index contributed by atoms with van der Waals surface area (Å²) in [5.74, 6) is 0.354. The number of hydrogen-bond acceptors (Lipinski definition) is 4. The van der Waals surface area contributed by atoms with Crippen LogP contribution >= 0.6 is 11.6 Å². The van der Waals surface area contributed by atoms with E-state index in [9.17, 15) is 5.11 Å². The number of nitrogens with zero attached hydrogens (tertiary/aromatic N) is 2. The number of benzene rings is 1. The molecule has 0 aliphatic heterocycles. The molecule has 0 atom stereocenters. The van der Waals surface area contributed by atoms with Crippen LogP contribution in [0, 0.1) is 0 Å².